The molecule has 0 saturated heterocycles. The van der Waals surface area contributed by atoms with Crippen LogP contribution in [0.1, 0.15) is 35.6 Å². The molecule has 1 amide bonds. The van der Waals surface area contributed by atoms with Gasteiger partial charge in [-0.3, -0.25) is 0 Å². The molecular weight excluding hydrogens is 406 g/mol. The number of rotatable bonds is 8. The third kappa shape index (κ3) is 4.47. The van der Waals surface area contributed by atoms with Crippen LogP contribution in [0, 0.1) is 0 Å². The Hall–Kier alpha value is -3.35. The molecule has 3 aromatic rings. The van der Waals surface area contributed by atoms with Crippen molar-refractivity contribution in [3.8, 4) is 16.9 Å². The number of nitrogens with one attached hydrogen (secondary N) is 1. The second kappa shape index (κ2) is 9.85. The van der Waals surface area contributed by atoms with Gasteiger partial charge in [0.1, 0.15) is 24.6 Å². The molecule has 0 aliphatic heterocycles. The van der Waals surface area contributed by atoms with Crippen molar-refractivity contribution in [3.05, 3.63) is 89.5 Å². The number of carbonyl (C=O) groups is 1. The fourth-order valence-corrected chi connectivity index (χ4v) is 4.17. The van der Waals surface area contributed by atoms with E-state index < -0.39 is 18.3 Å². The maximum Gasteiger partial charge on any atom is 0.407 e. The Labute approximate surface area is 187 Å². The molecule has 4 rings (SSSR count). The molecule has 0 spiro atoms. The number of hydrogen-bond donors (Lipinski definition) is 3. The van der Waals surface area contributed by atoms with Gasteiger partial charge < -0.3 is 25.0 Å². The van der Waals surface area contributed by atoms with Crippen molar-refractivity contribution < 1.29 is 24.5 Å². The molecule has 32 heavy (non-hydrogen) atoms. The summed E-state index contributed by atoms with van der Waals surface area (Å²) in [5.41, 5.74) is 5.04. The third-order valence-corrected chi connectivity index (χ3v) is 5.70. The lowest BCUT2D eigenvalue weighted by atomic mass is 9.98. The number of carbonyl (C=O) groups excluding carboxylic acids is 1. The average Bonchev–Trinajstić information content (AvgIpc) is 3.15. The van der Waals surface area contributed by atoms with E-state index in [1.807, 2.05) is 31.2 Å². The number of fused-ring (bicyclic) bond motifs is 3. The number of hydrogen-bond acceptors (Lipinski definition) is 5. The van der Waals surface area contributed by atoms with E-state index in [0.29, 0.717) is 17.9 Å². The third-order valence-electron chi connectivity index (χ3n) is 5.70. The Kier molecular flexibility index (Phi) is 6.73. The van der Waals surface area contributed by atoms with Gasteiger partial charge in [0.25, 0.3) is 0 Å². The standard InChI is InChI=1S/C26H27NO5/c1-2-31-24-14-8-7-13-21(24)25(29)23(28)15-27-26(30)32-16-22-19-11-5-3-9-17(19)18-10-4-6-12-20(18)22/h3-14,22-23,25,28-29H,2,15-16H2,1H3,(H,27,30). The average molecular weight is 434 g/mol. The summed E-state index contributed by atoms with van der Waals surface area (Å²) < 4.78 is 11.0. The zero-order valence-corrected chi connectivity index (χ0v) is 17.9. The summed E-state index contributed by atoms with van der Waals surface area (Å²) >= 11 is 0. The summed E-state index contributed by atoms with van der Waals surface area (Å²) in [5.74, 6) is 0.462. The number of amides is 1. The van der Waals surface area contributed by atoms with E-state index in [1.165, 1.54) is 0 Å². The fourth-order valence-electron chi connectivity index (χ4n) is 4.17. The molecule has 1 aliphatic rings. The lowest BCUT2D eigenvalue weighted by Gasteiger charge is -2.21. The molecule has 3 N–H and O–H groups in total. The Morgan fingerprint density at radius 3 is 2.19 bits per heavy atom. The molecule has 0 aromatic heterocycles. The minimum Gasteiger partial charge on any atom is -0.493 e. The monoisotopic (exact) mass is 433 g/mol. The normalized spacial score (nSPS) is 14.2. The van der Waals surface area contributed by atoms with E-state index in [1.54, 1.807) is 24.3 Å². The summed E-state index contributed by atoms with van der Waals surface area (Å²) in [6, 6.07) is 23.2. The summed E-state index contributed by atoms with van der Waals surface area (Å²) in [4.78, 5) is 12.3. The van der Waals surface area contributed by atoms with E-state index in [4.69, 9.17) is 9.47 Å². The smallest absolute Gasteiger partial charge is 0.407 e. The van der Waals surface area contributed by atoms with Crippen LogP contribution in [0.5, 0.6) is 5.75 Å². The maximum atomic E-state index is 12.3. The van der Waals surface area contributed by atoms with Crippen molar-refractivity contribution in [2.45, 2.75) is 25.0 Å². The highest BCUT2D eigenvalue weighted by atomic mass is 16.5. The van der Waals surface area contributed by atoms with E-state index in [2.05, 4.69) is 29.6 Å². The molecule has 2 unspecified atom stereocenters. The first-order valence-electron chi connectivity index (χ1n) is 10.8. The van der Waals surface area contributed by atoms with Crippen LogP contribution in [0.2, 0.25) is 0 Å². The van der Waals surface area contributed by atoms with Gasteiger partial charge in [-0.15, -0.1) is 0 Å². The van der Waals surface area contributed by atoms with Crippen LogP contribution in [0.15, 0.2) is 72.8 Å². The number of aliphatic hydroxyl groups excluding tert-OH is 2. The highest BCUT2D eigenvalue weighted by Gasteiger charge is 2.29. The minimum atomic E-state index is -1.21. The number of benzene rings is 3. The predicted octanol–water partition coefficient (Wildman–Crippen LogP) is 4.02. The highest BCUT2D eigenvalue weighted by molar-refractivity contribution is 5.79. The molecule has 0 bridgehead atoms. The van der Waals surface area contributed by atoms with Crippen LogP contribution in [0.3, 0.4) is 0 Å². The van der Waals surface area contributed by atoms with Gasteiger partial charge in [0, 0.05) is 18.0 Å². The van der Waals surface area contributed by atoms with Gasteiger partial charge >= 0.3 is 6.09 Å². The number of alkyl carbamates (subject to hydrolysis) is 1. The van der Waals surface area contributed by atoms with Crippen LogP contribution in [-0.4, -0.2) is 42.2 Å². The van der Waals surface area contributed by atoms with Gasteiger partial charge in [-0.25, -0.2) is 4.79 Å². The van der Waals surface area contributed by atoms with Crippen molar-refractivity contribution >= 4 is 6.09 Å². The first-order valence-corrected chi connectivity index (χ1v) is 10.8. The van der Waals surface area contributed by atoms with Crippen molar-refractivity contribution in [2.24, 2.45) is 0 Å². The van der Waals surface area contributed by atoms with Gasteiger partial charge in [0.2, 0.25) is 0 Å². The summed E-state index contributed by atoms with van der Waals surface area (Å²) in [5, 5.41) is 23.4. The topological polar surface area (TPSA) is 88.0 Å². The Morgan fingerprint density at radius 2 is 1.53 bits per heavy atom. The second-order valence-corrected chi connectivity index (χ2v) is 7.69. The van der Waals surface area contributed by atoms with Crippen molar-refractivity contribution in [2.75, 3.05) is 19.8 Å². The van der Waals surface area contributed by atoms with Gasteiger partial charge in [-0.05, 0) is 35.2 Å². The Bertz CT molecular complexity index is 1040. The fraction of sp³-hybridized carbons (Fsp3) is 0.269. The molecule has 3 aromatic carbocycles. The lowest BCUT2D eigenvalue weighted by Crippen LogP contribution is -2.36. The lowest BCUT2D eigenvalue weighted by molar-refractivity contribution is 0.0170. The van der Waals surface area contributed by atoms with E-state index in [-0.39, 0.29) is 19.1 Å². The van der Waals surface area contributed by atoms with Crippen LogP contribution in [-0.2, 0) is 4.74 Å². The minimum absolute atomic E-state index is 0.0401. The van der Waals surface area contributed by atoms with Crippen molar-refractivity contribution in [3.63, 3.8) is 0 Å². The Balaban J connectivity index is 1.34. The Morgan fingerprint density at radius 1 is 0.938 bits per heavy atom. The van der Waals surface area contributed by atoms with Gasteiger partial charge in [0.05, 0.1) is 6.61 Å². The molecule has 2 atom stereocenters. The van der Waals surface area contributed by atoms with Gasteiger partial charge in [0.15, 0.2) is 0 Å². The highest BCUT2D eigenvalue weighted by Crippen LogP contribution is 2.44. The molecule has 6 heteroatoms. The molecule has 0 radical (unpaired) electrons. The van der Waals surface area contributed by atoms with Crippen LogP contribution >= 0.6 is 0 Å². The largest absolute Gasteiger partial charge is 0.493 e. The quantitative estimate of drug-likeness (QED) is 0.499. The van der Waals surface area contributed by atoms with Crippen molar-refractivity contribution in [1.29, 1.82) is 0 Å². The first-order chi connectivity index (χ1) is 15.6. The number of aliphatic hydroxyl groups is 2. The van der Waals surface area contributed by atoms with Crippen LogP contribution in [0.4, 0.5) is 4.79 Å². The van der Waals surface area contributed by atoms with E-state index >= 15 is 0 Å². The summed E-state index contributed by atoms with van der Waals surface area (Å²) in [6.07, 6.45) is -3.06. The van der Waals surface area contributed by atoms with Crippen molar-refractivity contribution in [1.82, 2.24) is 5.32 Å². The molecule has 0 saturated carbocycles. The summed E-state index contributed by atoms with van der Waals surface area (Å²) in [7, 11) is 0. The molecule has 6 nitrogen and oxygen atoms in total. The predicted molar refractivity (Wildman–Crippen MR) is 122 cm³/mol. The SMILES string of the molecule is CCOc1ccccc1C(O)C(O)CNC(=O)OCC1c2ccccc2-c2ccccc21. The molecule has 0 heterocycles. The molecule has 166 valence electrons. The first kappa shape index (κ1) is 21.9. The number of ether oxygens (including phenoxy) is 2. The van der Waals surface area contributed by atoms with E-state index in [9.17, 15) is 15.0 Å². The molecule has 0 fully saturated rings. The zero-order chi connectivity index (χ0) is 22.5. The van der Waals surface area contributed by atoms with Gasteiger partial charge in [-0.1, -0.05) is 66.7 Å². The van der Waals surface area contributed by atoms with Gasteiger partial charge in [-0.2, -0.15) is 0 Å². The zero-order valence-electron chi connectivity index (χ0n) is 17.9. The van der Waals surface area contributed by atoms with Crippen LogP contribution in [0.25, 0.3) is 11.1 Å². The summed E-state index contributed by atoms with van der Waals surface area (Å²) in [6.45, 7) is 2.32. The maximum absolute atomic E-state index is 12.3. The molecular formula is C26H27NO5. The molecule has 1 aliphatic carbocycles. The second-order valence-electron chi connectivity index (χ2n) is 7.69. The number of para-hydroxylation sites is 1. The van der Waals surface area contributed by atoms with E-state index in [0.717, 1.165) is 22.3 Å². The van der Waals surface area contributed by atoms with Crippen LogP contribution < -0.4 is 10.1 Å².